The Kier molecular flexibility index (Phi) is 13.6. The van der Waals surface area contributed by atoms with E-state index in [2.05, 4.69) is 24.3 Å². The summed E-state index contributed by atoms with van der Waals surface area (Å²) in [6.07, 6.45) is 0. The van der Waals surface area contributed by atoms with E-state index in [1.54, 1.807) is 21.3 Å². The fourth-order valence-corrected chi connectivity index (χ4v) is 6.83. The van der Waals surface area contributed by atoms with Gasteiger partial charge in [0.2, 0.25) is 0 Å². The van der Waals surface area contributed by atoms with Gasteiger partial charge in [-0.1, -0.05) is 78.9 Å². The number of rotatable bonds is 5. The molecule has 4 aromatic rings. The summed E-state index contributed by atoms with van der Waals surface area (Å²) in [6.45, 7) is 0. The van der Waals surface area contributed by atoms with E-state index in [0.29, 0.717) is 0 Å². The van der Waals surface area contributed by atoms with Crippen LogP contribution in [-0.4, -0.2) is 54.3 Å². The molecule has 0 N–H and O–H groups in total. The van der Waals surface area contributed by atoms with Crippen LogP contribution in [0.4, 0.5) is 0 Å². The van der Waals surface area contributed by atoms with Gasteiger partial charge in [-0.25, -0.2) is 0 Å². The van der Waals surface area contributed by atoms with Gasteiger partial charge in [-0.15, -0.1) is 33.2 Å². The third kappa shape index (κ3) is 9.54. The number of hydrogen-bond donors (Lipinski definition) is 0. The summed E-state index contributed by atoms with van der Waals surface area (Å²) in [4.78, 5) is 0. The van der Waals surface area contributed by atoms with E-state index in [9.17, 15) is 0 Å². The van der Waals surface area contributed by atoms with Crippen LogP contribution in [0.15, 0.2) is 84.9 Å². The molecule has 0 aliphatic carbocycles. The van der Waals surface area contributed by atoms with Crippen molar-refractivity contribution in [3.8, 4) is 0 Å². The molecule has 0 bridgehead atoms. The van der Waals surface area contributed by atoms with Crippen molar-refractivity contribution in [1.29, 1.82) is 0 Å². The molecule has 12 heteroatoms. The van der Waals surface area contributed by atoms with Crippen LogP contribution < -0.4 is 10.4 Å². The summed E-state index contributed by atoms with van der Waals surface area (Å²) in [5.41, 5.74) is 0. The third-order valence-electron chi connectivity index (χ3n) is 4.99. The van der Waals surface area contributed by atoms with Gasteiger partial charge in [-0.2, -0.15) is 0 Å². The third-order valence-corrected chi connectivity index (χ3v) is 10.5. The normalized spacial score (nSPS) is 11.6. The quantitative estimate of drug-likeness (QED) is 0.156. The molecular formula is C23H23BiCl6O3Si2. The van der Waals surface area contributed by atoms with Crippen molar-refractivity contribution in [2.24, 2.45) is 0 Å². The van der Waals surface area contributed by atoms with Crippen LogP contribution in [0, 0.1) is 0 Å². The topological polar surface area (TPSA) is 27.7 Å². The minimum atomic E-state index is -2.73. The molecule has 4 aromatic carbocycles. The Bertz CT molecular complexity index is 1210. The Morgan fingerprint density at radius 1 is 0.543 bits per heavy atom. The van der Waals surface area contributed by atoms with Crippen LogP contribution in [0.5, 0.6) is 0 Å². The van der Waals surface area contributed by atoms with Gasteiger partial charge in [-0.05, 0) is 32.8 Å². The monoisotopic (exact) mass is 822 g/mol. The number of fused-ring (bicyclic) bond motifs is 2. The molecule has 188 valence electrons. The van der Waals surface area contributed by atoms with Gasteiger partial charge < -0.3 is 13.3 Å². The van der Waals surface area contributed by atoms with Gasteiger partial charge in [0.15, 0.2) is 0 Å². The standard InChI is InChI=1S/C13H16O3Si.C10H7Cl3Si.Bi.3ClH/c1-14-17(15-2,16-3)13-9-8-11-6-4-5-7-12(11)10-13;11-14(12,13)10-6-5-8-3-1-2-4-9(8)7-10;;;;/h4-10H,1-3H3;1-7H;;3*1H/q;;+3;;;/p-3. The molecule has 0 amide bonds. The summed E-state index contributed by atoms with van der Waals surface area (Å²) in [5, 5.41) is 6.45. The van der Waals surface area contributed by atoms with Crippen molar-refractivity contribution in [3.05, 3.63) is 84.9 Å². The SMILES string of the molecule is CO[Si](OC)(OC)c1ccc2ccccc2c1.Cl[Si](Cl)(Cl)c1ccc2ccccc2c1.[Cl][Bi]([Cl])[Cl]. The summed E-state index contributed by atoms with van der Waals surface area (Å²) in [5.74, 6) is 0. The zero-order valence-electron chi connectivity index (χ0n) is 19.0. The molecule has 0 aliphatic rings. The first kappa shape index (κ1) is 31.6. The van der Waals surface area contributed by atoms with E-state index in [-0.39, 0.29) is 0 Å². The first-order valence-electron chi connectivity index (χ1n) is 10.0. The van der Waals surface area contributed by atoms with Crippen LogP contribution in [0.3, 0.4) is 0 Å². The molecule has 0 saturated heterocycles. The molecule has 3 nitrogen and oxygen atoms in total. The van der Waals surface area contributed by atoms with E-state index >= 15 is 0 Å². The van der Waals surface area contributed by atoms with Crippen LogP contribution in [0.2, 0.25) is 0 Å². The zero-order chi connectivity index (χ0) is 26.1. The summed E-state index contributed by atoms with van der Waals surface area (Å²) < 4.78 is 16.4. The van der Waals surface area contributed by atoms with Gasteiger partial charge >= 0.3 is 58.5 Å². The Hall–Kier alpha value is 0.337. The summed E-state index contributed by atoms with van der Waals surface area (Å²) in [7, 11) is 17.2. The van der Waals surface area contributed by atoms with Crippen molar-refractivity contribution < 1.29 is 13.3 Å². The van der Waals surface area contributed by atoms with Crippen molar-refractivity contribution in [2.45, 2.75) is 0 Å². The number of benzene rings is 4. The molecule has 0 unspecified atom stereocenters. The Morgan fingerprint density at radius 3 is 1.26 bits per heavy atom. The van der Waals surface area contributed by atoms with Crippen molar-refractivity contribution in [1.82, 2.24) is 0 Å². The molecule has 35 heavy (non-hydrogen) atoms. The fraction of sp³-hybridized carbons (Fsp3) is 0.130. The molecular weight excluding hydrogens is 802 g/mol. The van der Waals surface area contributed by atoms with Crippen LogP contribution in [0.1, 0.15) is 0 Å². The fourth-order valence-electron chi connectivity index (χ4n) is 3.35. The number of hydrogen-bond acceptors (Lipinski definition) is 3. The second kappa shape index (κ2) is 15.1. The van der Waals surface area contributed by atoms with Crippen LogP contribution in [-0.2, 0) is 13.3 Å². The van der Waals surface area contributed by atoms with Crippen molar-refractivity contribution >= 4 is 124 Å². The van der Waals surface area contributed by atoms with Crippen LogP contribution in [0.25, 0.3) is 21.5 Å². The summed E-state index contributed by atoms with van der Waals surface area (Å²) >= 11 is 15.6. The zero-order valence-corrected chi connectivity index (χ0v) is 29.0. The van der Waals surface area contributed by atoms with E-state index in [4.69, 9.17) is 72.1 Å². The van der Waals surface area contributed by atoms with Gasteiger partial charge in [0.05, 0.1) is 0 Å². The molecule has 0 heterocycles. The molecule has 0 radical (unpaired) electrons. The van der Waals surface area contributed by atoms with Crippen LogP contribution >= 0.6 is 58.8 Å². The Morgan fingerprint density at radius 2 is 0.886 bits per heavy atom. The molecule has 0 fully saturated rings. The minimum absolute atomic E-state index is 0.834. The maximum absolute atomic E-state index is 5.93. The second-order valence-electron chi connectivity index (χ2n) is 6.98. The van der Waals surface area contributed by atoms with E-state index < -0.39 is 33.0 Å². The Labute approximate surface area is 240 Å². The molecule has 0 aliphatic heterocycles. The van der Waals surface area contributed by atoms with E-state index in [1.165, 1.54) is 10.8 Å². The first-order chi connectivity index (χ1) is 16.6. The number of halogens is 6. The Balaban J connectivity index is 0.000000217. The summed E-state index contributed by atoms with van der Waals surface area (Å²) in [6, 6.07) is 25.4. The van der Waals surface area contributed by atoms with Crippen molar-refractivity contribution in [2.75, 3.05) is 21.3 Å². The average Bonchev–Trinajstić information content (AvgIpc) is 2.84. The van der Waals surface area contributed by atoms with Gasteiger partial charge in [0, 0.05) is 26.5 Å². The molecule has 0 spiro atoms. The first-order valence-corrected chi connectivity index (χ1v) is 29.6. The average molecular weight is 825 g/mol. The van der Waals surface area contributed by atoms with Gasteiger partial charge in [0.25, 0.3) is 0 Å². The van der Waals surface area contributed by atoms with E-state index in [0.717, 1.165) is 21.1 Å². The molecule has 0 aromatic heterocycles. The van der Waals surface area contributed by atoms with E-state index in [1.807, 2.05) is 60.7 Å². The predicted octanol–water partition coefficient (Wildman–Crippen LogP) is 7.31. The molecule has 0 saturated carbocycles. The van der Waals surface area contributed by atoms with Gasteiger partial charge in [0.1, 0.15) is 0 Å². The molecule has 4 rings (SSSR count). The molecule has 0 atom stereocenters. The second-order valence-corrected chi connectivity index (χ2v) is 33.3. The maximum atomic E-state index is 5.93. The van der Waals surface area contributed by atoms with Gasteiger partial charge in [-0.3, -0.25) is 0 Å². The van der Waals surface area contributed by atoms with Crippen molar-refractivity contribution in [3.63, 3.8) is 0 Å². The predicted molar refractivity (Wildman–Crippen MR) is 161 cm³/mol.